The van der Waals surface area contributed by atoms with Crippen LogP contribution in [-0.4, -0.2) is 27.8 Å². The minimum atomic E-state index is -2.99. The summed E-state index contributed by atoms with van der Waals surface area (Å²) in [6.07, 6.45) is 0. The first-order chi connectivity index (χ1) is 31.1. The van der Waals surface area contributed by atoms with Crippen LogP contribution in [-0.2, 0) is 0 Å². The van der Waals surface area contributed by atoms with E-state index >= 15 is 0 Å². The van der Waals surface area contributed by atoms with Gasteiger partial charge in [-0.2, -0.15) is 5.26 Å². The standard InChI is InChI=1S/C57H41N3OSi2/c1-59-43-25-33-51(34-26-43)63(48-19-11-5-12-20-48,49-21-13-6-14-22-49)53-36-38-57-55(40-53)54-39-52(35-37-56(54)60(57)44-27-29-45(61-2)30-28-44)62(46-15-7-3-8-16-46,47-17-9-4-10-18-47)50-31-23-42(41-58)24-32-50/h3-40H,2H3. The van der Waals surface area contributed by atoms with Gasteiger partial charge in [0.1, 0.15) is 5.75 Å². The molecule has 0 atom stereocenters. The van der Waals surface area contributed by atoms with Crippen molar-refractivity contribution in [1.29, 1.82) is 5.26 Å². The van der Waals surface area contributed by atoms with Gasteiger partial charge in [-0.1, -0.05) is 182 Å². The molecule has 1 heterocycles. The summed E-state index contributed by atoms with van der Waals surface area (Å²) in [7, 11) is -4.28. The molecule has 298 valence electrons. The Hall–Kier alpha value is -8.01. The van der Waals surface area contributed by atoms with Crippen molar-refractivity contribution in [3.05, 3.63) is 248 Å². The normalized spacial score (nSPS) is 11.5. The van der Waals surface area contributed by atoms with Gasteiger partial charge < -0.3 is 9.30 Å². The number of nitrogens with zero attached hydrogens (tertiary/aromatic N) is 3. The van der Waals surface area contributed by atoms with E-state index in [9.17, 15) is 5.26 Å². The Balaban J connectivity index is 1.34. The minimum absolute atomic E-state index is 0.625. The molecule has 0 saturated carbocycles. The van der Waals surface area contributed by atoms with Crippen LogP contribution in [0.15, 0.2) is 231 Å². The Labute approximate surface area is 370 Å². The molecule has 0 saturated heterocycles. The van der Waals surface area contributed by atoms with Crippen LogP contribution in [0.1, 0.15) is 5.56 Å². The summed E-state index contributed by atoms with van der Waals surface area (Å²) in [6, 6.07) is 85.2. The molecule has 0 unspecified atom stereocenters. The largest absolute Gasteiger partial charge is 0.497 e. The number of benzene rings is 9. The van der Waals surface area contributed by atoms with Gasteiger partial charge in [-0.15, -0.1) is 0 Å². The fourth-order valence-corrected chi connectivity index (χ4v) is 19.3. The van der Waals surface area contributed by atoms with Crippen molar-refractivity contribution in [1.82, 2.24) is 4.57 Å². The molecule has 0 aliphatic carbocycles. The number of methoxy groups -OCH3 is 1. The SMILES string of the molecule is [C-]#[N+]c1ccc([Si](c2ccccc2)(c2ccccc2)c2ccc3c(c2)c2cc([Si](c4ccccc4)(c4ccccc4)c4ccc(C#N)cc4)ccc2n3-c2ccc(OC)cc2)cc1. The third-order valence-electron chi connectivity index (χ3n) is 12.7. The molecule has 0 amide bonds. The van der Waals surface area contributed by atoms with E-state index in [0.29, 0.717) is 11.3 Å². The third-order valence-corrected chi connectivity index (χ3v) is 22.2. The molecular formula is C57H41N3OSi2. The van der Waals surface area contributed by atoms with Crippen molar-refractivity contribution in [2.75, 3.05) is 7.11 Å². The highest BCUT2D eigenvalue weighted by molar-refractivity contribution is 7.20. The van der Waals surface area contributed by atoms with Gasteiger partial charge in [0, 0.05) is 16.5 Å². The number of hydrogen-bond donors (Lipinski definition) is 0. The van der Waals surface area contributed by atoms with Crippen LogP contribution in [0.2, 0.25) is 0 Å². The van der Waals surface area contributed by atoms with Gasteiger partial charge in [0.05, 0.1) is 36.3 Å². The van der Waals surface area contributed by atoms with E-state index in [1.807, 2.05) is 36.4 Å². The Bertz CT molecular complexity index is 3020. The fourth-order valence-electron chi connectivity index (χ4n) is 9.83. The van der Waals surface area contributed by atoms with Gasteiger partial charge in [-0.3, -0.25) is 0 Å². The van der Waals surface area contributed by atoms with Gasteiger partial charge in [-0.25, -0.2) is 4.85 Å². The molecule has 10 aromatic rings. The van der Waals surface area contributed by atoms with Crippen molar-refractivity contribution in [2.24, 2.45) is 0 Å². The average molecular weight is 840 g/mol. The smallest absolute Gasteiger partial charge is 0.187 e. The summed E-state index contributed by atoms with van der Waals surface area (Å²) >= 11 is 0. The summed E-state index contributed by atoms with van der Waals surface area (Å²) in [6.45, 7) is 7.79. The molecule has 0 radical (unpaired) electrons. The summed E-state index contributed by atoms with van der Waals surface area (Å²) in [5.74, 6) is 0.804. The molecule has 0 bridgehead atoms. The molecule has 1 aromatic heterocycles. The first-order valence-electron chi connectivity index (χ1n) is 21.0. The van der Waals surface area contributed by atoms with E-state index in [1.165, 1.54) is 41.5 Å². The Morgan fingerprint density at radius 1 is 0.444 bits per heavy atom. The van der Waals surface area contributed by atoms with Crippen LogP contribution >= 0.6 is 0 Å². The number of ether oxygens (including phenoxy) is 1. The lowest BCUT2D eigenvalue weighted by Gasteiger charge is -2.35. The molecule has 0 spiro atoms. The number of aromatic nitrogens is 1. The zero-order valence-electron chi connectivity index (χ0n) is 34.7. The molecule has 0 fully saturated rings. The Morgan fingerprint density at radius 2 is 0.810 bits per heavy atom. The second-order valence-electron chi connectivity index (χ2n) is 15.8. The molecular weight excluding hydrogens is 799 g/mol. The maximum Gasteiger partial charge on any atom is 0.187 e. The number of fused-ring (bicyclic) bond motifs is 3. The molecule has 6 heteroatoms. The van der Waals surface area contributed by atoms with Crippen LogP contribution in [0.4, 0.5) is 5.69 Å². The van der Waals surface area contributed by atoms with Crippen molar-refractivity contribution < 1.29 is 4.74 Å². The highest BCUT2D eigenvalue weighted by atomic mass is 28.3. The first-order valence-corrected chi connectivity index (χ1v) is 25.0. The van der Waals surface area contributed by atoms with E-state index < -0.39 is 16.1 Å². The van der Waals surface area contributed by atoms with Crippen LogP contribution in [0.25, 0.3) is 32.3 Å². The average Bonchev–Trinajstić information content (AvgIpc) is 3.69. The Morgan fingerprint density at radius 3 is 1.17 bits per heavy atom. The summed E-state index contributed by atoms with van der Waals surface area (Å²) in [5.41, 5.74) is 4.52. The van der Waals surface area contributed by atoms with Gasteiger partial charge in [-0.05, 0) is 90.0 Å². The first kappa shape index (κ1) is 39.1. The maximum atomic E-state index is 9.89. The molecule has 0 aliphatic heterocycles. The predicted octanol–water partition coefficient (Wildman–Crippen LogP) is 7.97. The fraction of sp³-hybridized carbons (Fsp3) is 0.0175. The van der Waals surface area contributed by atoms with Crippen molar-refractivity contribution >= 4 is 85.1 Å². The van der Waals surface area contributed by atoms with Gasteiger partial charge in [0.25, 0.3) is 0 Å². The van der Waals surface area contributed by atoms with Gasteiger partial charge in [0.15, 0.2) is 21.8 Å². The number of nitriles is 1. The lowest BCUT2D eigenvalue weighted by molar-refractivity contribution is 0.415. The van der Waals surface area contributed by atoms with E-state index in [4.69, 9.17) is 11.3 Å². The van der Waals surface area contributed by atoms with Crippen LogP contribution in [0.3, 0.4) is 0 Å². The maximum absolute atomic E-state index is 9.89. The van der Waals surface area contributed by atoms with Crippen molar-refractivity contribution in [3.63, 3.8) is 0 Å². The second kappa shape index (κ2) is 16.5. The second-order valence-corrected chi connectivity index (χ2v) is 23.4. The van der Waals surface area contributed by atoms with E-state index in [2.05, 4.69) is 210 Å². The molecule has 0 N–H and O–H groups in total. The summed E-state index contributed by atoms with van der Waals surface area (Å²) in [5, 5.41) is 22.2. The lowest BCUT2D eigenvalue weighted by atomic mass is 10.1. The molecule has 10 rings (SSSR count). The molecule has 9 aromatic carbocycles. The molecule has 0 aliphatic rings. The van der Waals surface area contributed by atoms with E-state index in [1.54, 1.807) is 7.11 Å². The van der Waals surface area contributed by atoms with E-state index in [-0.39, 0.29) is 0 Å². The highest BCUT2D eigenvalue weighted by Gasteiger charge is 2.43. The zero-order valence-corrected chi connectivity index (χ0v) is 36.7. The third kappa shape index (κ3) is 6.49. The van der Waals surface area contributed by atoms with Crippen molar-refractivity contribution in [3.8, 4) is 17.5 Å². The number of rotatable bonds is 10. The van der Waals surface area contributed by atoms with Crippen molar-refractivity contribution in [2.45, 2.75) is 0 Å². The topological polar surface area (TPSA) is 42.3 Å². The number of hydrogen-bond acceptors (Lipinski definition) is 2. The Kier molecular flexibility index (Phi) is 10.2. The summed E-state index contributed by atoms with van der Waals surface area (Å²) in [4.78, 5) is 3.78. The van der Waals surface area contributed by atoms with E-state index in [0.717, 1.165) is 33.2 Å². The van der Waals surface area contributed by atoms with Gasteiger partial charge >= 0.3 is 0 Å². The zero-order chi connectivity index (χ0) is 42.8. The molecule has 4 nitrogen and oxygen atoms in total. The van der Waals surface area contributed by atoms with Gasteiger partial charge in [0.2, 0.25) is 0 Å². The molecule has 63 heavy (non-hydrogen) atoms. The lowest BCUT2D eigenvalue weighted by Crippen LogP contribution is -2.74. The minimum Gasteiger partial charge on any atom is -0.497 e. The summed E-state index contributed by atoms with van der Waals surface area (Å²) < 4.78 is 8.00. The van der Waals surface area contributed by atoms with Crippen LogP contribution < -0.4 is 46.2 Å². The highest BCUT2D eigenvalue weighted by Crippen LogP contribution is 2.33. The van der Waals surface area contributed by atoms with Crippen LogP contribution in [0, 0.1) is 17.9 Å². The quantitative estimate of drug-likeness (QED) is 0.0798. The monoisotopic (exact) mass is 839 g/mol. The predicted molar refractivity (Wildman–Crippen MR) is 266 cm³/mol. The van der Waals surface area contributed by atoms with Crippen LogP contribution in [0.5, 0.6) is 5.75 Å².